The number of aliphatic hydroxyl groups is 1. The second-order valence-electron chi connectivity index (χ2n) is 5.43. The van der Waals surface area contributed by atoms with Crippen molar-refractivity contribution < 1.29 is 9.90 Å². The molecule has 0 aliphatic heterocycles. The number of carbonyl (C=O) groups is 1. The number of amides is 1. The smallest absolute Gasteiger partial charge is 0.239 e. The van der Waals surface area contributed by atoms with Gasteiger partial charge in [-0.2, -0.15) is 0 Å². The van der Waals surface area contributed by atoms with E-state index < -0.39 is 0 Å². The molecule has 3 N–H and O–H groups in total. The Bertz CT molecular complexity index is 240. The van der Waals surface area contributed by atoms with E-state index in [1.165, 1.54) is 6.42 Å². The summed E-state index contributed by atoms with van der Waals surface area (Å²) >= 11 is 0. The van der Waals surface area contributed by atoms with Gasteiger partial charge in [0, 0.05) is 19.2 Å². The molecule has 0 aromatic rings. The molecule has 0 spiro atoms. The molecule has 0 saturated heterocycles. The molecule has 1 atom stereocenters. The van der Waals surface area contributed by atoms with E-state index in [4.69, 9.17) is 10.8 Å². The van der Waals surface area contributed by atoms with Crippen LogP contribution in [0.2, 0.25) is 0 Å². The lowest BCUT2D eigenvalue weighted by Crippen LogP contribution is -2.51. The van der Waals surface area contributed by atoms with Crippen molar-refractivity contribution in [2.45, 2.75) is 58.0 Å². The molecule has 1 amide bonds. The predicted octanol–water partition coefficient (Wildman–Crippen LogP) is 1.12. The highest BCUT2D eigenvalue weighted by Gasteiger charge is 2.31. The molecule has 100 valence electrons. The molecule has 17 heavy (non-hydrogen) atoms. The number of hydrogen-bond donors (Lipinski definition) is 2. The van der Waals surface area contributed by atoms with Crippen LogP contribution in [0.15, 0.2) is 0 Å². The quantitative estimate of drug-likeness (QED) is 0.703. The van der Waals surface area contributed by atoms with Crippen molar-refractivity contribution in [3.8, 4) is 0 Å². The highest BCUT2D eigenvalue weighted by molar-refractivity contribution is 5.82. The lowest BCUT2D eigenvalue weighted by molar-refractivity contribution is -0.137. The minimum absolute atomic E-state index is 0.0665. The van der Waals surface area contributed by atoms with E-state index in [9.17, 15) is 4.79 Å². The van der Waals surface area contributed by atoms with Gasteiger partial charge < -0.3 is 15.7 Å². The molecule has 0 aromatic carbocycles. The van der Waals surface area contributed by atoms with E-state index in [-0.39, 0.29) is 18.6 Å². The third-order valence-corrected chi connectivity index (χ3v) is 3.40. The molecule has 1 aliphatic carbocycles. The highest BCUT2D eigenvalue weighted by Crippen LogP contribution is 2.25. The highest BCUT2D eigenvalue weighted by atomic mass is 16.3. The maximum Gasteiger partial charge on any atom is 0.239 e. The maximum absolute atomic E-state index is 12.2. The summed E-state index contributed by atoms with van der Waals surface area (Å²) in [4.78, 5) is 14.1. The van der Waals surface area contributed by atoms with Gasteiger partial charge in [0.1, 0.15) is 0 Å². The zero-order chi connectivity index (χ0) is 12.8. The van der Waals surface area contributed by atoms with Crippen LogP contribution in [0, 0.1) is 5.92 Å². The number of carbonyl (C=O) groups excluding carboxylic acids is 1. The zero-order valence-electron chi connectivity index (χ0n) is 11.1. The molecule has 0 radical (unpaired) electrons. The molecule has 0 heterocycles. The molecule has 1 aliphatic rings. The van der Waals surface area contributed by atoms with Crippen molar-refractivity contribution in [1.82, 2.24) is 4.90 Å². The SMILES string of the molecule is CC(C)C[C@@H](N)C(=O)N(CCCO)C1CCC1. The lowest BCUT2D eigenvalue weighted by Gasteiger charge is -2.39. The molecule has 0 bridgehead atoms. The van der Waals surface area contributed by atoms with Crippen LogP contribution in [0.4, 0.5) is 0 Å². The van der Waals surface area contributed by atoms with E-state index in [0.717, 1.165) is 19.3 Å². The van der Waals surface area contributed by atoms with Crippen molar-refractivity contribution in [1.29, 1.82) is 0 Å². The third-order valence-electron chi connectivity index (χ3n) is 3.40. The van der Waals surface area contributed by atoms with E-state index in [2.05, 4.69) is 13.8 Å². The van der Waals surface area contributed by atoms with Crippen molar-refractivity contribution >= 4 is 5.91 Å². The topological polar surface area (TPSA) is 66.6 Å². The van der Waals surface area contributed by atoms with Gasteiger partial charge in [0.05, 0.1) is 6.04 Å². The monoisotopic (exact) mass is 242 g/mol. The van der Waals surface area contributed by atoms with Crippen LogP contribution >= 0.6 is 0 Å². The largest absolute Gasteiger partial charge is 0.396 e. The van der Waals surface area contributed by atoms with Crippen molar-refractivity contribution in [2.75, 3.05) is 13.2 Å². The number of nitrogens with zero attached hydrogens (tertiary/aromatic N) is 1. The summed E-state index contributed by atoms with van der Waals surface area (Å²) in [5.41, 5.74) is 5.95. The van der Waals surface area contributed by atoms with Crippen LogP contribution in [-0.2, 0) is 4.79 Å². The molecule has 0 aromatic heterocycles. The van der Waals surface area contributed by atoms with Crippen molar-refractivity contribution in [2.24, 2.45) is 11.7 Å². The Morgan fingerprint density at radius 2 is 2.12 bits per heavy atom. The van der Waals surface area contributed by atoms with Crippen LogP contribution in [0.25, 0.3) is 0 Å². The fraction of sp³-hybridized carbons (Fsp3) is 0.923. The van der Waals surface area contributed by atoms with Crippen LogP contribution in [0.5, 0.6) is 0 Å². The fourth-order valence-corrected chi connectivity index (χ4v) is 2.23. The van der Waals surface area contributed by atoms with E-state index >= 15 is 0 Å². The van der Waals surface area contributed by atoms with Gasteiger partial charge in [-0.05, 0) is 38.0 Å². The molecular formula is C13H26N2O2. The fourth-order valence-electron chi connectivity index (χ4n) is 2.23. The van der Waals surface area contributed by atoms with Gasteiger partial charge >= 0.3 is 0 Å². The Balaban J connectivity index is 2.51. The minimum atomic E-state index is -0.380. The first-order valence-electron chi connectivity index (χ1n) is 6.73. The van der Waals surface area contributed by atoms with Gasteiger partial charge in [0.25, 0.3) is 0 Å². The molecule has 1 rings (SSSR count). The average Bonchev–Trinajstić information content (AvgIpc) is 2.19. The summed E-state index contributed by atoms with van der Waals surface area (Å²) in [6, 6.07) is -0.0124. The van der Waals surface area contributed by atoms with Crippen LogP contribution < -0.4 is 5.73 Å². The first-order chi connectivity index (χ1) is 8.06. The molecule has 0 unspecified atom stereocenters. The van der Waals surface area contributed by atoms with Gasteiger partial charge in [-0.15, -0.1) is 0 Å². The molecule has 4 heteroatoms. The summed E-state index contributed by atoms with van der Waals surface area (Å²) in [6.07, 6.45) is 4.77. The van der Waals surface area contributed by atoms with Crippen molar-refractivity contribution in [3.63, 3.8) is 0 Å². The standard InChI is InChI=1S/C13H26N2O2/c1-10(2)9-12(14)13(17)15(7-4-8-16)11-5-3-6-11/h10-12,16H,3-9,14H2,1-2H3/t12-/m1/s1. The van der Waals surface area contributed by atoms with E-state index in [1.54, 1.807) is 0 Å². The second kappa shape index (κ2) is 6.97. The Morgan fingerprint density at radius 3 is 2.53 bits per heavy atom. The van der Waals surface area contributed by atoms with Crippen LogP contribution in [0.3, 0.4) is 0 Å². The van der Waals surface area contributed by atoms with E-state index in [1.807, 2.05) is 4.90 Å². The second-order valence-corrected chi connectivity index (χ2v) is 5.43. The maximum atomic E-state index is 12.2. The Hall–Kier alpha value is -0.610. The minimum Gasteiger partial charge on any atom is -0.396 e. The van der Waals surface area contributed by atoms with Crippen LogP contribution in [0.1, 0.15) is 46.0 Å². The summed E-state index contributed by atoms with van der Waals surface area (Å²) in [7, 11) is 0. The summed E-state index contributed by atoms with van der Waals surface area (Å²) < 4.78 is 0. The van der Waals surface area contributed by atoms with E-state index in [0.29, 0.717) is 24.9 Å². The number of aliphatic hydroxyl groups excluding tert-OH is 1. The molecule has 1 saturated carbocycles. The average molecular weight is 242 g/mol. The van der Waals surface area contributed by atoms with Gasteiger partial charge in [0.2, 0.25) is 5.91 Å². The van der Waals surface area contributed by atoms with Crippen LogP contribution in [-0.4, -0.2) is 41.1 Å². The molecule has 1 fully saturated rings. The van der Waals surface area contributed by atoms with Gasteiger partial charge in [-0.3, -0.25) is 4.79 Å². The Labute approximate surface area is 104 Å². The number of hydrogen-bond acceptors (Lipinski definition) is 3. The molecular weight excluding hydrogens is 216 g/mol. The number of nitrogens with two attached hydrogens (primary N) is 1. The Kier molecular flexibility index (Phi) is 5.92. The van der Waals surface area contributed by atoms with Gasteiger partial charge in [-0.1, -0.05) is 13.8 Å². The summed E-state index contributed by atoms with van der Waals surface area (Å²) in [5.74, 6) is 0.506. The summed E-state index contributed by atoms with van der Waals surface area (Å²) in [6.45, 7) is 4.94. The predicted molar refractivity (Wildman–Crippen MR) is 68.5 cm³/mol. The summed E-state index contributed by atoms with van der Waals surface area (Å²) in [5, 5.41) is 8.88. The van der Waals surface area contributed by atoms with Gasteiger partial charge in [0.15, 0.2) is 0 Å². The van der Waals surface area contributed by atoms with Gasteiger partial charge in [-0.25, -0.2) is 0 Å². The third kappa shape index (κ3) is 4.28. The lowest BCUT2D eigenvalue weighted by atomic mass is 9.90. The normalized spacial score (nSPS) is 17.9. The Morgan fingerprint density at radius 1 is 1.47 bits per heavy atom. The van der Waals surface area contributed by atoms with Crippen molar-refractivity contribution in [3.05, 3.63) is 0 Å². The first kappa shape index (κ1) is 14.5. The first-order valence-corrected chi connectivity index (χ1v) is 6.73. The molecule has 4 nitrogen and oxygen atoms in total. The number of rotatable bonds is 7. The zero-order valence-corrected chi connectivity index (χ0v) is 11.1.